The zero-order valence-corrected chi connectivity index (χ0v) is 7.53. The van der Waals surface area contributed by atoms with Crippen molar-refractivity contribution in [1.82, 2.24) is 0 Å². The van der Waals surface area contributed by atoms with Crippen LogP contribution in [0.5, 0.6) is 0 Å². The third-order valence-electron chi connectivity index (χ3n) is 0. The van der Waals surface area contributed by atoms with Crippen LogP contribution in [-0.2, 0) is 39.4 Å². The quantitative estimate of drug-likeness (QED) is 0.507. The van der Waals surface area contributed by atoms with E-state index in [2.05, 4.69) is 0 Å². The fourth-order valence-electron chi connectivity index (χ4n) is 0. The molecule has 0 nitrogen and oxygen atoms in total. The maximum Gasteiger partial charge on any atom is 0 e. The maximum atomic E-state index is 0. The molecule has 0 rings (SSSR count). The molecule has 0 fully saturated rings. The molecule has 29 valence electrons. The predicted octanol–water partition coefficient (Wildman–Crippen LogP) is -0.767. The van der Waals surface area contributed by atoms with Gasteiger partial charge in [0.15, 0.2) is 0 Å². The molecule has 0 spiro atoms. The van der Waals surface area contributed by atoms with Crippen LogP contribution >= 0.6 is 0 Å². The van der Waals surface area contributed by atoms with Crippen molar-refractivity contribution < 1.29 is 39.4 Å². The van der Waals surface area contributed by atoms with Gasteiger partial charge in [-0.15, -0.1) is 0 Å². The second-order valence-corrected chi connectivity index (χ2v) is 0. The minimum atomic E-state index is 0. The monoisotopic (exact) mass is 267 g/mol. The number of rotatable bonds is 0. The van der Waals surface area contributed by atoms with Gasteiger partial charge >= 0.3 is 0 Å². The van der Waals surface area contributed by atoms with Gasteiger partial charge in [0, 0.05) is 70.2 Å². The molecule has 0 bridgehead atoms. The Balaban J connectivity index is 0. The van der Waals surface area contributed by atoms with Gasteiger partial charge in [-0.05, 0) is 0 Å². The van der Waals surface area contributed by atoms with Gasteiger partial charge < -0.3 is 0 Å². The molecule has 0 unspecified atom stereocenters. The molecular formula is AgCuGaSi. The fraction of sp³-hybridized carbons (Fsp3) is 0. The molecule has 0 aromatic heterocycles. The van der Waals surface area contributed by atoms with Gasteiger partial charge in [0.1, 0.15) is 0 Å². The van der Waals surface area contributed by atoms with E-state index in [1.165, 1.54) is 0 Å². The van der Waals surface area contributed by atoms with Crippen LogP contribution in [0.2, 0.25) is 0 Å². The van der Waals surface area contributed by atoms with E-state index < -0.39 is 0 Å². The second kappa shape index (κ2) is 19.4. The first-order valence-corrected chi connectivity index (χ1v) is 0. The first-order valence-electron chi connectivity index (χ1n) is 0. The predicted molar refractivity (Wildman–Crippen MR) is 11.5 cm³/mol. The molecule has 4 heteroatoms. The summed E-state index contributed by atoms with van der Waals surface area (Å²) in [4.78, 5) is 0. The molecule has 0 aromatic carbocycles. The van der Waals surface area contributed by atoms with Gasteiger partial charge in [0.2, 0.25) is 0 Å². The molecule has 0 saturated heterocycles. The molecule has 9 radical (unpaired) electrons. The van der Waals surface area contributed by atoms with Crippen LogP contribution in [0.25, 0.3) is 0 Å². The van der Waals surface area contributed by atoms with Crippen LogP contribution in [0.3, 0.4) is 0 Å². The van der Waals surface area contributed by atoms with E-state index in [4.69, 9.17) is 0 Å². The first-order chi connectivity index (χ1) is 0. The zero-order chi connectivity index (χ0) is 0. The standard InChI is InChI=1S/Ag.Cu.Ga.Si. The molecular weight excluding hydrogens is 269 g/mol. The molecule has 0 atom stereocenters. The van der Waals surface area contributed by atoms with Gasteiger partial charge in [0.05, 0.1) is 0 Å². The maximum absolute atomic E-state index is 0. The second-order valence-electron chi connectivity index (χ2n) is 0. The largest absolute Gasteiger partial charge is 0 e. The van der Waals surface area contributed by atoms with Crippen LogP contribution in [0.4, 0.5) is 0 Å². The first kappa shape index (κ1) is 35.8. The molecule has 0 aliphatic carbocycles. The van der Waals surface area contributed by atoms with Crippen molar-refractivity contribution in [1.29, 1.82) is 0 Å². The fourth-order valence-corrected chi connectivity index (χ4v) is 0. The Labute approximate surface area is 69.6 Å². The van der Waals surface area contributed by atoms with E-state index in [0.29, 0.717) is 0 Å². The van der Waals surface area contributed by atoms with E-state index in [1.807, 2.05) is 0 Å². The average molecular weight is 269 g/mol. The average Bonchev–Trinajstić information content (AvgIpc) is 0. The molecule has 0 aliphatic rings. The van der Waals surface area contributed by atoms with Crippen molar-refractivity contribution in [2.45, 2.75) is 0 Å². The summed E-state index contributed by atoms with van der Waals surface area (Å²) >= 11 is 0. The minimum Gasteiger partial charge on any atom is 0 e. The van der Waals surface area contributed by atoms with Crippen molar-refractivity contribution in [2.24, 2.45) is 0 Å². The molecule has 0 saturated carbocycles. The van der Waals surface area contributed by atoms with E-state index in [9.17, 15) is 0 Å². The molecule has 0 N–H and O–H groups in total. The van der Waals surface area contributed by atoms with Crippen molar-refractivity contribution in [3.8, 4) is 0 Å². The Morgan fingerprint density at radius 2 is 1.00 bits per heavy atom. The third kappa shape index (κ3) is 8.93. The van der Waals surface area contributed by atoms with Crippen molar-refractivity contribution in [2.75, 3.05) is 0 Å². The Morgan fingerprint density at radius 1 is 1.00 bits per heavy atom. The summed E-state index contributed by atoms with van der Waals surface area (Å²) in [5, 5.41) is 0. The van der Waals surface area contributed by atoms with Crippen LogP contribution in [0, 0.1) is 0 Å². The summed E-state index contributed by atoms with van der Waals surface area (Å²) in [6.07, 6.45) is 0. The Hall–Kier alpha value is 2.11. The summed E-state index contributed by atoms with van der Waals surface area (Å²) in [7, 11) is 0. The molecule has 0 aliphatic heterocycles. The molecule has 0 amide bonds. The molecule has 0 heterocycles. The molecule has 0 aromatic rings. The van der Waals surface area contributed by atoms with Gasteiger partial charge in [-0.2, -0.15) is 0 Å². The topological polar surface area (TPSA) is 0 Å². The van der Waals surface area contributed by atoms with Crippen LogP contribution in [0.15, 0.2) is 0 Å². The van der Waals surface area contributed by atoms with E-state index >= 15 is 0 Å². The summed E-state index contributed by atoms with van der Waals surface area (Å²) in [5.74, 6) is 0. The summed E-state index contributed by atoms with van der Waals surface area (Å²) in [5.41, 5.74) is 0. The normalized spacial score (nSPS) is 0. The van der Waals surface area contributed by atoms with Gasteiger partial charge in [0.25, 0.3) is 0 Å². The smallest absolute Gasteiger partial charge is 0 e. The van der Waals surface area contributed by atoms with Crippen LogP contribution in [0.1, 0.15) is 0 Å². The zero-order valence-electron chi connectivity index (χ0n) is 1.68. The minimum absolute atomic E-state index is 0. The summed E-state index contributed by atoms with van der Waals surface area (Å²) in [6, 6.07) is 0. The number of hydrogen-bond donors (Lipinski definition) is 0. The van der Waals surface area contributed by atoms with E-state index in [-0.39, 0.29) is 70.2 Å². The number of hydrogen-bond acceptors (Lipinski definition) is 0. The summed E-state index contributed by atoms with van der Waals surface area (Å²) < 4.78 is 0. The van der Waals surface area contributed by atoms with Crippen molar-refractivity contribution in [3.05, 3.63) is 0 Å². The van der Waals surface area contributed by atoms with Crippen LogP contribution in [-0.4, -0.2) is 30.8 Å². The molecule has 4 heavy (non-hydrogen) atoms. The van der Waals surface area contributed by atoms with Crippen LogP contribution < -0.4 is 0 Å². The third-order valence-corrected chi connectivity index (χ3v) is 0. The Morgan fingerprint density at radius 3 is 1.00 bits per heavy atom. The summed E-state index contributed by atoms with van der Waals surface area (Å²) in [6.45, 7) is 0. The SMILES string of the molecule is [Ag].[Cu].[Ga].[Si]. The Kier molecular flexibility index (Phi) is 173. The van der Waals surface area contributed by atoms with Crippen molar-refractivity contribution in [3.63, 3.8) is 0 Å². The van der Waals surface area contributed by atoms with Gasteiger partial charge in [-0.1, -0.05) is 0 Å². The van der Waals surface area contributed by atoms with Gasteiger partial charge in [-0.3, -0.25) is 0 Å². The van der Waals surface area contributed by atoms with E-state index in [0.717, 1.165) is 0 Å². The van der Waals surface area contributed by atoms with Gasteiger partial charge in [-0.25, -0.2) is 0 Å². The Bertz CT molecular complexity index is 8.00. The van der Waals surface area contributed by atoms with Crippen molar-refractivity contribution >= 4 is 30.8 Å². The van der Waals surface area contributed by atoms with E-state index in [1.54, 1.807) is 0 Å².